The van der Waals surface area contributed by atoms with E-state index >= 15 is 0 Å². The van der Waals surface area contributed by atoms with Gasteiger partial charge in [-0.15, -0.1) is 0 Å². The van der Waals surface area contributed by atoms with Crippen LogP contribution in [0.3, 0.4) is 0 Å². The number of piperazine rings is 1. The number of carbonyl (C=O) groups excluding carboxylic acids is 3. The third kappa shape index (κ3) is 8.08. The Morgan fingerprint density at radius 1 is 0.973 bits per heavy atom. The van der Waals surface area contributed by atoms with Gasteiger partial charge in [-0.05, 0) is 56.8 Å². The summed E-state index contributed by atoms with van der Waals surface area (Å²) < 4.78 is 5.67. The fraction of sp³-hybridized carbons (Fsp3) is 0.897. The van der Waals surface area contributed by atoms with Crippen LogP contribution in [0.15, 0.2) is 0 Å². The molecule has 3 atom stereocenters. The van der Waals surface area contributed by atoms with E-state index in [0.29, 0.717) is 25.4 Å². The van der Waals surface area contributed by atoms with Crippen LogP contribution < -0.4 is 10.6 Å². The highest BCUT2D eigenvalue weighted by molar-refractivity contribution is 5.89. The topological polar surface area (TPSA) is 91.0 Å². The molecule has 8 nitrogen and oxygen atoms in total. The normalized spacial score (nSPS) is 28.1. The highest BCUT2D eigenvalue weighted by Gasteiger charge is 2.45. The van der Waals surface area contributed by atoms with Crippen molar-refractivity contribution in [3.63, 3.8) is 0 Å². The molecule has 2 aliphatic heterocycles. The molecule has 2 aliphatic carbocycles. The van der Waals surface area contributed by atoms with Crippen LogP contribution in [0.4, 0.5) is 4.79 Å². The molecule has 210 valence electrons. The van der Waals surface area contributed by atoms with Crippen LogP contribution in [0.2, 0.25) is 0 Å². The fourth-order valence-electron chi connectivity index (χ4n) is 6.81. The van der Waals surface area contributed by atoms with Gasteiger partial charge in [0, 0.05) is 38.7 Å². The first-order valence-corrected chi connectivity index (χ1v) is 15.2. The first-order valence-electron chi connectivity index (χ1n) is 15.2. The van der Waals surface area contributed by atoms with Crippen molar-refractivity contribution in [3.05, 3.63) is 0 Å². The lowest BCUT2D eigenvalue weighted by Gasteiger charge is -2.47. The zero-order chi connectivity index (χ0) is 26.2. The minimum absolute atomic E-state index is 0.0637. The van der Waals surface area contributed by atoms with Gasteiger partial charge in [-0.3, -0.25) is 9.59 Å². The molecule has 0 aromatic rings. The summed E-state index contributed by atoms with van der Waals surface area (Å²) in [5.41, 5.74) is 0. The first-order chi connectivity index (χ1) is 17.9. The predicted octanol–water partition coefficient (Wildman–Crippen LogP) is 4.22. The minimum Gasteiger partial charge on any atom is -0.376 e. The molecule has 2 saturated carbocycles. The summed E-state index contributed by atoms with van der Waals surface area (Å²) >= 11 is 0. The van der Waals surface area contributed by atoms with Gasteiger partial charge in [0.15, 0.2) is 0 Å². The van der Waals surface area contributed by atoms with Gasteiger partial charge in [-0.25, -0.2) is 4.79 Å². The van der Waals surface area contributed by atoms with E-state index in [1.165, 1.54) is 25.7 Å². The van der Waals surface area contributed by atoms with Crippen LogP contribution in [0.5, 0.6) is 0 Å². The molecule has 4 amide bonds. The van der Waals surface area contributed by atoms with E-state index in [0.717, 1.165) is 64.5 Å². The summed E-state index contributed by atoms with van der Waals surface area (Å²) in [5.74, 6) is 0.789. The van der Waals surface area contributed by atoms with Crippen molar-refractivity contribution in [2.45, 2.75) is 128 Å². The number of nitrogens with one attached hydrogen (secondary N) is 2. The number of urea groups is 1. The van der Waals surface area contributed by atoms with Crippen molar-refractivity contribution in [1.29, 1.82) is 0 Å². The van der Waals surface area contributed by atoms with E-state index in [1.54, 1.807) is 4.90 Å². The van der Waals surface area contributed by atoms with Crippen molar-refractivity contribution in [2.24, 2.45) is 11.8 Å². The Kier molecular flexibility index (Phi) is 10.5. The molecule has 4 rings (SSSR count). The van der Waals surface area contributed by atoms with Gasteiger partial charge in [-0.1, -0.05) is 52.4 Å². The second-order valence-corrected chi connectivity index (χ2v) is 12.4. The van der Waals surface area contributed by atoms with Gasteiger partial charge in [0.25, 0.3) is 0 Å². The van der Waals surface area contributed by atoms with Gasteiger partial charge in [0.1, 0.15) is 6.04 Å². The largest absolute Gasteiger partial charge is 0.376 e. The zero-order valence-corrected chi connectivity index (χ0v) is 23.2. The molecular formula is C29H50N4O4. The van der Waals surface area contributed by atoms with Crippen molar-refractivity contribution in [2.75, 3.05) is 26.2 Å². The number of hydrogen-bond donors (Lipinski definition) is 2. The zero-order valence-electron chi connectivity index (χ0n) is 23.2. The number of amides is 4. The molecule has 4 fully saturated rings. The van der Waals surface area contributed by atoms with Crippen molar-refractivity contribution < 1.29 is 19.1 Å². The van der Waals surface area contributed by atoms with Crippen molar-refractivity contribution in [3.8, 4) is 0 Å². The predicted molar refractivity (Wildman–Crippen MR) is 144 cm³/mol. The monoisotopic (exact) mass is 518 g/mol. The molecule has 0 aromatic heterocycles. The summed E-state index contributed by atoms with van der Waals surface area (Å²) in [6.07, 6.45) is 14.4. The maximum absolute atomic E-state index is 13.9. The van der Waals surface area contributed by atoms with Gasteiger partial charge in [0.05, 0.1) is 12.1 Å². The third-order valence-electron chi connectivity index (χ3n) is 8.79. The molecular weight excluding hydrogens is 468 g/mol. The Morgan fingerprint density at radius 2 is 1.68 bits per heavy atom. The van der Waals surface area contributed by atoms with Crippen LogP contribution in [-0.4, -0.2) is 78.1 Å². The van der Waals surface area contributed by atoms with Crippen LogP contribution >= 0.6 is 0 Å². The maximum atomic E-state index is 13.9. The quantitative estimate of drug-likeness (QED) is 0.478. The summed E-state index contributed by atoms with van der Waals surface area (Å²) in [7, 11) is 0. The van der Waals surface area contributed by atoms with E-state index in [9.17, 15) is 14.4 Å². The van der Waals surface area contributed by atoms with Crippen molar-refractivity contribution >= 4 is 17.8 Å². The maximum Gasteiger partial charge on any atom is 0.318 e. The smallest absolute Gasteiger partial charge is 0.318 e. The first kappa shape index (κ1) is 28.2. The second kappa shape index (κ2) is 13.8. The lowest BCUT2D eigenvalue weighted by molar-refractivity contribution is -0.146. The highest BCUT2D eigenvalue weighted by atomic mass is 16.5. The average molecular weight is 519 g/mol. The molecule has 1 unspecified atom stereocenters. The standard InChI is InChI=1S/C29H50N4O4/c1-21(2)16-26-28(35)32(19-22-10-5-3-6-11-22)20-24(17-27(34)30-18-25-14-9-15-37-25)33(26)29(36)31-23-12-7-4-8-13-23/h21-26H,3-20H2,1-2H3,(H,30,34)(H,31,36)/t24-,25?,26-/m0/s1. The van der Waals surface area contributed by atoms with Crippen LogP contribution in [0, 0.1) is 11.8 Å². The van der Waals surface area contributed by atoms with Crippen LogP contribution in [0.1, 0.15) is 104 Å². The second-order valence-electron chi connectivity index (χ2n) is 12.4. The minimum atomic E-state index is -0.517. The summed E-state index contributed by atoms with van der Waals surface area (Å²) in [6.45, 7) is 6.67. The molecule has 8 heteroatoms. The van der Waals surface area contributed by atoms with E-state index in [4.69, 9.17) is 4.74 Å². The van der Waals surface area contributed by atoms with Gasteiger partial charge in [0.2, 0.25) is 11.8 Å². The Morgan fingerprint density at radius 3 is 2.32 bits per heavy atom. The van der Waals surface area contributed by atoms with E-state index in [2.05, 4.69) is 24.5 Å². The SMILES string of the molecule is CC(C)C[C@H]1C(=O)N(CC2CCCCC2)C[C@H](CC(=O)NCC2CCCO2)N1C(=O)NC1CCCCC1. The van der Waals surface area contributed by atoms with Gasteiger partial charge >= 0.3 is 6.03 Å². The lowest BCUT2D eigenvalue weighted by Crippen LogP contribution is -2.67. The molecule has 0 bridgehead atoms. The Balaban J connectivity index is 1.50. The average Bonchev–Trinajstić information content (AvgIpc) is 3.40. The lowest BCUT2D eigenvalue weighted by atomic mass is 9.87. The third-order valence-corrected chi connectivity index (χ3v) is 8.79. The number of nitrogens with zero attached hydrogens (tertiary/aromatic N) is 2. The number of carbonyl (C=O) groups is 3. The molecule has 37 heavy (non-hydrogen) atoms. The molecule has 2 heterocycles. The molecule has 2 saturated heterocycles. The molecule has 4 aliphatic rings. The number of ether oxygens (including phenoxy) is 1. The van der Waals surface area contributed by atoms with Crippen molar-refractivity contribution in [1.82, 2.24) is 20.4 Å². The summed E-state index contributed by atoms with van der Waals surface area (Å²) in [4.78, 5) is 44.5. The Bertz CT molecular complexity index is 757. The van der Waals surface area contributed by atoms with E-state index in [-0.39, 0.29) is 48.4 Å². The van der Waals surface area contributed by atoms with Gasteiger partial charge in [-0.2, -0.15) is 0 Å². The Labute approximate surface area is 223 Å². The molecule has 0 radical (unpaired) electrons. The summed E-state index contributed by atoms with van der Waals surface area (Å²) in [6, 6.07) is -0.847. The van der Waals surface area contributed by atoms with Gasteiger partial charge < -0.3 is 25.2 Å². The molecule has 0 spiro atoms. The Hall–Kier alpha value is -1.83. The number of hydrogen-bond acceptors (Lipinski definition) is 4. The van der Waals surface area contributed by atoms with Crippen LogP contribution in [0.25, 0.3) is 0 Å². The highest BCUT2D eigenvalue weighted by Crippen LogP contribution is 2.30. The summed E-state index contributed by atoms with van der Waals surface area (Å²) in [5, 5.41) is 6.30. The van der Waals surface area contributed by atoms with E-state index < -0.39 is 6.04 Å². The molecule has 2 N–H and O–H groups in total. The molecule has 0 aromatic carbocycles. The fourth-order valence-corrected chi connectivity index (χ4v) is 6.81. The van der Waals surface area contributed by atoms with Crippen LogP contribution in [-0.2, 0) is 14.3 Å². The van der Waals surface area contributed by atoms with E-state index in [1.807, 2.05) is 4.90 Å². The number of rotatable bonds is 9.